The molecule has 3 N–H and O–H groups in total. The first-order valence-electron chi connectivity index (χ1n) is 13.2. The number of benzene rings is 2. The third kappa shape index (κ3) is 5.38. The van der Waals surface area contributed by atoms with Gasteiger partial charge in [-0.2, -0.15) is 0 Å². The minimum Gasteiger partial charge on any atom is -0.508 e. The van der Waals surface area contributed by atoms with Crippen LogP contribution in [0.3, 0.4) is 0 Å². The molecule has 5 rings (SSSR count). The van der Waals surface area contributed by atoms with Crippen LogP contribution in [0.2, 0.25) is 0 Å². The van der Waals surface area contributed by atoms with Gasteiger partial charge in [0.05, 0.1) is 17.8 Å². The summed E-state index contributed by atoms with van der Waals surface area (Å²) in [6.07, 6.45) is 2.93. The van der Waals surface area contributed by atoms with E-state index < -0.39 is 0 Å². The smallest absolute Gasteiger partial charge is 0.226 e. The number of para-hydroxylation sites is 1. The molecule has 0 bridgehead atoms. The maximum Gasteiger partial charge on any atom is 0.226 e. The summed E-state index contributed by atoms with van der Waals surface area (Å²) in [5.74, 6) is 0.182. The van der Waals surface area contributed by atoms with Crippen LogP contribution in [0.4, 0.5) is 5.69 Å². The lowest BCUT2D eigenvalue weighted by Gasteiger charge is -2.28. The highest BCUT2D eigenvalue weighted by Crippen LogP contribution is 2.41. The molecule has 3 heterocycles. The van der Waals surface area contributed by atoms with Crippen LogP contribution >= 0.6 is 12.2 Å². The third-order valence-electron chi connectivity index (χ3n) is 7.35. The molecule has 39 heavy (non-hydrogen) atoms. The zero-order chi connectivity index (χ0) is 27.5. The number of anilines is 1. The average molecular weight is 540 g/mol. The van der Waals surface area contributed by atoms with Gasteiger partial charge in [-0.25, -0.2) is 0 Å². The topological polar surface area (TPSA) is 82.4 Å². The Kier molecular flexibility index (Phi) is 7.65. The number of nitrogens with zero attached hydrogens (tertiary/aromatic N) is 3. The molecule has 200 valence electrons. The number of phenols is 1. The van der Waals surface area contributed by atoms with Crippen LogP contribution in [-0.2, 0) is 11.2 Å². The molecule has 1 aliphatic heterocycles. The number of hydrogen-bond acceptors (Lipinski definition) is 4. The summed E-state index contributed by atoms with van der Waals surface area (Å²) in [6, 6.07) is 22.8. The van der Waals surface area contributed by atoms with Crippen molar-refractivity contribution in [3.8, 4) is 11.4 Å². The summed E-state index contributed by atoms with van der Waals surface area (Å²) in [4.78, 5) is 19.8. The van der Waals surface area contributed by atoms with Crippen molar-refractivity contribution >= 4 is 28.9 Å². The Morgan fingerprint density at radius 3 is 2.54 bits per heavy atom. The molecule has 7 nitrogen and oxygen atoms in total. The largest absolute Gasteiger partial charge is 0.508 e. The number of thiocarbonyl (C=S) groups is 1. The maximum atomic E-state index is 13.0. The first-order valence-corrected chi connectivity index (χ1v) is 13.6. The second-order valence-electron chi connectivity index (χ2n) is 9.81. The molecule has 1 fully saturated rings. The zero-order valence-corrected chi connectivity index (χ0v) is 23.2. The van der Waals surface area contributed by atoms with Crippen molar-refractivity contribution in [3.05, 3.63) is 107 Å². The van der Waals surface area contributed by atoms with Gasteiger partial charge in [0.25, 0.3) is 0 Å². The molecule has 2 atom stereocenters. The highest BCUT2D eigenvalue weighted by molar-refractivity contribution is 7.80. The molecule has 1 amide bonds. The van der Waals surface area contributed by atoms with E-state index in [-0.39, 0.29) is 23.7 Å². The monoisotopic (exact) mass is 539 g/mol. The lowest BCUT2D eigenvalue weighted by atomic mass is 9.96. The van der Waals surface area contributed by atoms with Crippen molar-refractivity contribution in [3.63, 3.8) is 0 Å². The summed E-state index contributed by atoms with van der Waals surface area (Å²) in [5.41, 5.74) is 7.08. The first kappa shape index (κ1) is 26.4. The van der Waals surface area contributed by atoms with E-state index in [1.807, 2.05) is 54.6 Å². The Bertz CT molecular complexity index is 1480. The van der Waals surface area contributed by atoms with Crippen LogP contribution in [0, 0.1) is 13.8 Å². The quantitative estimate of drug-likeness (QED) is 0.247. The van der Waals surface area contributed by atoms with Gasteiger partial charge in [-0.05, 0) is 92.1 Å². The van der Waals surface area contributed by atoms with E-state index in [4.69, 9.17) is 12.2 Å². The molecule has 1 saturated heterocycles. The van der Waals surface area contributed by atoms with Gasteiger partial charge in [0.15, 0.2) is 5.11 Å². The van der Waals surface area contributed by atoms with E-state index in [1.165, 1.54) is 0 Å². The van der Waals surface area contributed by atoms with Gasteiger partial charge in [0, 0.05) is 41.9 Å². The maximum absolute atomic E-state index is 13.0. The molecule has 0 saturated carbocycles. The Hall–Kier alpha value is -4.17. The summed E-state index contributed by atoms with van der Waals surface area (Å²) >= 11 is 5.83. The predicted octanol–water partition coefficient (Wildman–Crippen LogP) is 5.76. The summed E-state index contributed by atoms with van der Waals surface area (Å²) in [5, 5.41) is 17.0. The molecule has 0 aliphatic carbocycles. The van der Waals surface area contributed by atoms with E-state index in [0.717, 1.165) is 46.0 Å². The van der Waals surface area contributed by atoms with Crippen molar-refractivity contribution in [2.75, 3.05) is 11.9 Å². The second kappa shape index (κ2) is 11.3. The molecule has 1 aliphatic rings. The van der Waals surface area contributed by atoms with Crippen LogP contribution < -0.4 is 10.6 Å². The van der Waals surface area contributed by atoms with Crippen LogP contribution in [0.1, 0.15) is 53.6 Å². The van der Waals surface area contributed by atoms with E-state index in [2.05, 4.69) is 51.9 Å². The fraction of sp³-hybridized carbons (Fsp3) is 0.258. The average Bonchev–Trinajstić information content (AvgIpc) is 3.43. The minimum atomic E-state index is -0.170. The van der Waals surface area contributed by atoms with Gasteiger partial charge in [0.2, 0.25) is 5.91 Å². The SMILES string of the molecule is CCc1ccccc1NC(=O)CCN1C(=S)N[C@H](c2ccccn2)[C@H]1c1cc(C)n(-c2ccc(O)cc2)c1C. The summed E-state index contributed by atoms with van der Waals surface area (Å²) in [7, 11) is 0. The van der Waals surface area contributed by atoms with Gasteiger partial charge in [0.1, 0.15) is 5.75 Å². The lowest BCUT2D eigenvalue weighted by Crippen LogP contribution is -2.33. The number of rotatable bonds is 8. The van der Waals surface area contributed by atoms with Crippen LogP contribution in [0.25, 0.3) is 5.69 Å². The van der Waals surface area contributed by atoms with Crippen LogP contribution in [-0.4, -0.2) is 37.1 Å². The molecule has 0 radical (unpaired) electrons. The van der Waals surface area contributed by atoms with E-state index in [0.29, 0.717) is 18.1 Å². The number of carbonyl (C=O) groups excluding carboxylic acids is 1. The molecule has 2 aromatic carbocycles. The van der Waals surface area contributed by atoms with E-state index in [9.17, 15) is 9.90 Å². The zero-order valence-electron chi connectivity index (χ0n) is 22.4. The summed E-state index contributed by atoms with van der Waals surface area (Å²) < 4.78 is 2.18. The minimum absolute atomic E-state index is 0.0479. The van der Waals surface area contributed by atoms with Gasteiger partial charge in [-0.1, -0.05) is 31.2 Å². The Morgan fingerprint density at radius 2 is 1.82 bits per heavy atom. The number of amides is 1. The molecule has 8 heteroatoms. The lowest BCUT2D eigenvalue weighted by molar-refractivity contribution is -0.116. The van der Waals surface area contributed by atoms with Gasteiger partial charge in [-0.15, -0.1) is 0 Å². The third-order valence-corrected chi connectivity index (χ3v) is 7.70. The normalized spacial score (nSPS) is 16.8. The van der Waals surface area contributed by atoms with Crippen molar-refractivity contribution in [2.24, 2.45) is 0 Å². The predicted molar refractivity (Wildman–Crippen MR) is 158 cm³/mol. The highest BCUT2D eigenvalue weighted by Gasteiger charge is 2.41. The number of aromatic nitrogens is 2. The van der Waals surface area contributed by atoms with E-state index in [1.54, 1.807) is 18.3 Å². The second-order valence-corrected chi connectivity index (χ2v) is 10.2. The standard InChI is InChI=1S/C31H33N5O2S/c1-4-22-9-5-6-10-26(22)33-28(38)16-18-35-30(29(34-31(35)39)27-11-7-8-17-32-27)25-19-20(2)36(21(25)3)23-12-14-24(37)15-13-23/h5-15,17,19,29-30,37H,4,16,18H2,1-3H3,(H,33,38)(H,34,39)/t29-,30-/m1/s1. The number of pyridine rings is 1. The number of nitrogens with one attached hydrogen (secondary N) is 2. The first-order chi connectivity index (χ1) is 18.9. The Labute approximate surface area is 234 Å². The number of hydrogen-bond donors (Lipinski definition) is 3. The van der Waals surface area contributed by atoms with Crippen LogP contribution in [0.15, 0.2) is 79.0 Å². The number of aryl methyl sites for hydroxylation is 2. The van der Waals surface area contributed by atoms with Crippen LogP contribution in [0.5, 0.6) is 5.75 Å². The molecule has 0 spiro atoms. The Morgan fingerprint density at radius 1 is 1.08 bits per heavy atom. The number of aromatic hydroxyl groups is 1. The van der Waals surface area contributed by atoms with E-state index >= 15 is 0 Å². The van der Waals surface area contributed by atoms with Crippen molar-refractivity contribution < 1.29 is 9.90 Å². The van der Waals surface area contributed by atoms with Crippen molar-refractivity contribution in [1.29, 1.82) is 0 Å². The molecular weight excluding hydrogens is 506 g/mol. The number of phenolic OH excluding ortho intramolecular Hbond substituents is 1. The van der Waals surface area contributed by atoms with Gasteiger partial charge >= 0.3 is 0 Å². The molecule has 4 aromatic rings. The molecule has 2 aromatic heterocycles. The molecule has 0 unspecified atom stereocenters. The fourth-order valence-corrected chi connectivity index (χ4v) is 5.79. The fourth-order valence-electron chi connectivity index (χ4n) is 5.46. The van der Waals surface area contributed by atoms with Crippen molar-refractivity contribution in [1.82, 2.24) is 19.8 Å². The number of carbonyl (C=O) groups is 1. The summed E-state index contributed by atoms with van der Waals surface area (Å²) in [6.45, 7) is 6.71. The van der Waals surface area contributed by atoms with Gasteiger partial charge < -0.3 is 25.2 Å². The van der Waals surface area contributed by atoms with Gasteiger partial charge in [-0.3, -0.25) is 9.78 Å². The van der Waals surface area contributed by atoms with Crippen molar-refractivity contribution in [2.45, 2.75) is 45.7 Å². The Balaban J connectivity index is 1.46. The molecular formula is C31H33N5O2S. The highest BCUT2D eigenvalue weighted by atomic mass is 32.1.